The first-order chi connectivity index (χ1) is 16.3. The summed E-state index contributed by atoms with van der Waals surface area (Å²) in [7, 11) is 0. The van der Waals surface area contributed by atoms with E-state index in [1.165, 1.54) is 15.7 Å². The largest absolute Gasteiger partial charge is 0.409 e. The van der Waals surface area contributed by atoms with E-state index in [1.54, 1.807) is 35.2 Å². The maximum atomic E-state index is 14.6. The molecule has 1 fully saturated rings. The van der Waals surface area contributed by atoms with Crippen LogP contribution in [0.25, 0.3) is 10.9 Å². The van der Waals surface area contributed by atoms with E-state index in [9.17, 15) is 23.2 Å². The molecule has 2 heterocycles. The van der Waals surface area contributed by atoms with Gasteiger partial charge in [-0.05, 0) is 18.2 Å². The third-order valence-electron chi connectivity index (χ3n) is 5.67. The summed E-state index contributed by atoms with van der Waals surface area (Å²) in [6.45, 7) is 0.471. The summed E-state index contributed by atoms with van der Waals surface area (Å²) in [5.41, 5.74) is 5.77. The van der Waals surface area contributed by atoms with Crippen LogP contribution in [0.1, 0.15) is 20.7 Å². The van der Waals surface area contributed by atoms with E-state index in [0.717, 1.165) is 6.07 Å². The molecule has 0 saturated carbocycles. The molecule has 1 aliphatic heterocycles. The van der Waals surface area contributed by atoms with Crippen LogP contribution in [0.5, 0.6) is 0 Å². The number of nitrogens with zero attached hydrogens (tertiary/aromatic N) is 4. The van der Waals surface area contributed by atoms with Crippen molar-refractivity contribution in [3.05, 3.63) is 71.4 Å². The summed E-state index contributed by atoms with van der Waals surface area (Å²) in [6, 6.07) is 10.3. The Morgan fingerprint density at radius 2 is 1.65 bits per heavy atom. The Balaban J connectivity index is 1.55. The standard InChI is InChI=1S/C23H21F2N5O4/c24-15-10-17(25)20-16(12-30(18(20)11-15)13-19(26)27-34)21(31)23(33)29-8-6-28(7-9-29)22(32)14-4-2-1-3-5-14/h1-5,10-12,34H,6-9,13H2,(H2,26,27). The molecule has 0 spiro atoms. The molecule has 0 atom stereocenters. The van der Waals surface area contributed by atoms with Crippen molar-refractivity contribution in [2.45, 2.75) is 6.54 Å². The summed E-state index contributed by atoms with van der Waals surface area (Å²) < 4.78 is 29.7. The highest BCUT2D eigenvalue weighted by Crippen LogP contribution is 2.27. The molecule has 1 saturated heterocycles. The minimum atomic E-state index is -1.01. The number of aromatic nitrogens is 1. The second kappa shape index (κ2) is 9.30. The van der Waals surface area contributed by atoms with Gasteiger partial charge in [-0.3, -0.25) is 14.4 Å². The number of halogens is 2. The fraction of sp³-hybridized carbons (Fsp3) is 0.217. The zero-order chi connectivity index (χ0) is 24.4. The minimum absolute atomic E-state index is 0.0153. The molecule has 3 aromatic rings. The second-order valence-electron chi connectivity index (χ2n) is 7.82. The van der Waals surface area contributed by atoms with Gasteiger partial charge in [-0.1, -0.05) is 23.4 Å². The molecular formula is C23H21F2N5O4. The van der Waals surface area contributed by atoms with Gasteiger partial charge >= 0.3 is 0 Å². The molecule has 0 bridgehead atoms. The highest BCUT2D eigenvalue weighted by Gasteiger charge is 2.31. The fourth-order valence-electron chi connectivity index (χ4n) is 3.99. The maximum Gasteiger partial charge on any atom is 0.295 e. The van der Waals surface area contributed by atoms with E-state index in [2.05, 4.69) is 5.16 Å². The van der Waals surface area contributed by atoms with Gasteiger partial charge in [0.25, 0.3) is 17.6 Å². The fourth-order valence-corrected chi connectivity index (χ4v) is 3.99. The smallest absolute Gasteiger partial charge is 0.295 e. The number of piperazine rings is 1. The van der Waals surface area contributed by atoms with Crippen molar-refractivity contribution in [2.75, 3.05) is 26.2 Å². The monoisotopic (exact) mass is 469 g/mol. The number of rotatable bonds is 5. The summed E-state index contributed by atoms with van der Waals surface area (Å²) in [4.78, 5) is 41.5. The zero-order valence-corrected chi connectivity index (χ0v) is 17.9. The van der Waals surface area contributed by atoms with Crippen LogP contribution in [-0.4, -0.2) is 69.2 Å². The number of amidine groups is 1. The van der Waals surface area contributed by atoms with Crippen molar-refractivity contribution < 1.29 is 28.4 Å². The highest BCUT2D eigenvalue weighted by atomic mass is 19.1. The number of carbonyl (C=O) groups excluding carboxylic acids is 3. The SMILES string of the molecule is NC(Cn1cc(C(=O)C(=O)N2CCN(C(=O)c3ccccc3)CC2)c2c(F)cc(F)cc21)=NO. The molecule has 2 aromatic carbocycles. The lowest BCUT2D eigenvalue weighted by Crippen LogP contribution is -2.52. The molecule has 3 N–H and O–H groups in total. The molecule has 2 amide bonds. The lowest BCUT2D eigenvalue weighted by molar-refractivity contribution is -0.127. The summed E-state index contributed by atoms with van der Waals surface area (Å²) >= 11 is 0. The number of fused-ring (bicyclic) bond motifs is 1. The molecule has 1 aromatic heterocycles. The molecule has 11 heteroatoms. The first-order valence-corrected chi connectivity index (χ1v) is 10.4. The predicted molar refractivity (Wildman–Crippen MR) is 119 cm³/mol. The lowest BCUT2D eigenvalue weighted by Gasteiger charge is -2.34. The van der Waals surface area contributed by atoms with E-state index in [1.807, 2.05) is 0 Å². The summed E-state index contributed by atoms with van der Waals surface area (Å²) in [5, 5.41) is 11.4. The number of nitrogens with two attached hydrogens (primary N) is 1. The number of hydrogen-bond acceptors (Lipinski definition) is 5. The van der Waals surface area contributed by atoms with Crippen molar-refractivity contribution in [3.63, 3.8) is 0 Å². The van der Waals surface area contributed by atoms with Crippen LogP contribution in [0, 0.1) is 11.6 Å². The number of carbonyl (C=O) groups is 3. The van der Waals surface area contributed by atoms with Gasteiger partial charge in [-0.15, -0.1) is 0 Å². The van der Waals surface area contributed by atoms with E-state index in [0.29, 0.717) is 11.6 Å². The molecule has 0 aliphatic carbocycles. The quantitative estimate of drug-likeness (QED) is 0.148. The average Bonchev–Trinajstić information content (AvgIpc) is 3.21. The van der Waals surface area contributed by atoms with Crippen molar-refractivity contribution in [1.82, 2.24) is 14.4 Å². The van der Waals surface area contributed by atoms with Gasteiger partial charge in [0.15, 0.2) is 5.84 Å². The predicted octanol–water partition coefficient (Wildman–Crippen LogP) is 1.83. The number of oxime groups is 1. The highest BCUT2D eigenvalue weighted by molar-refractivity contribution is 6.45. The van der Waals surface area contributed by atoms with Crippen molar-refractivity contribution in [1.29, 1.82) is 0 Å². The first kappa shape index (κ1) is 22.9. The number of ketones is 1. The van der Waals surface area contributed by atoms with Gasteiger partial charge in [0.2, 0.25) is 0 Å². The Morgan fingerprint density at radius 1 is 1.00 bits per heavy atom. The third kappa shape index (κ3) is 4.32. The number of hydrogen-bond donors (Lipinski definition) is 2. The van der Waals surface area contributed by atoms with Gasteiger partial charge in [0, 0.05) is 49.4 Å². The Hall–Kier alpha value is -4.28. The van der Waals surface area contributed by atoms with Gasteiger partial charge in [-0.25, -0.2) is 8.78 Å². The molecule has 1 aliphatic rings. The second-order valence-corrected chi connectivity index (χ2v) is 7.82. The van der Waals surface area contributed by atoms with E-state index >= 15 is 0 Å². The van der Waals surface area contributed by atoms with Crippen LogP contribution >= 0.6 is 0 Å². The van der Waals surface area contributed by atoms with E-state index in [4.69, 9.17) is 10.9 Å². The van der Waals surface area contributed by atoms with Crippen LogP contribution < -0.4 is 5.73 Å². The lowest BCUT2D eigenvalue weighted by atomic mass is 10.1. The molecular weight excluding hydrogens is 448 g/mol. The van der Waals surface area contributed by atoms with E-state index in [-0.39, 0.29) is 60.9 Å². The first-order valence-electron chi connectivity index (χ1n) is 10.4. The van der Waals surface area contributed by atoms with Crippen molar-refractivity contribution >= 4 is 34.3 Å². The number of amides is 2. The number of benzene rings is 2. The van der Waals surface area contributed by atoms with Gasteiger partial charge in [-0.2, -0.15) is 0 Å². The normalized spacial score (nSPS) is 14.5. The van der Waals surface area contributed by atoms with Crippen LogP contribution in [0.3, 0.4) is 0 Å². The van der Waals surface area contributed by atoms with Crippen molar-refractivity contribution in [3.8, 4) is 0 Å². The summed E-state index contributed by atoms with van der Waals surface area (Å²) in [6.07, 6.45) is 1.18. The molecule has 9 nitrogen and oxygen atoms in total. The van der Waals surface area contributed by atoms with Crippen LogP contribution in [-0.2, 0) is 11.3 Å². The topological polar surface area (TPSA) is 121 Å². The third-order valence-corrected chi connectivity index (χ3v) is 5.67. The minimum Gasteiger partial charge on any atom is -0.409 e. The van der Waals surface area contributed by atoms with Gasteiger partial charge < -0.3 is 25.3 Å². The van der Waals surface area contributed by atoms with Crippen LogP contribution in [0.4, 0.5) is 8.78 Å². The molecule has 176 valence electrons. The molecule has 34 heavy (non-hydrogen) atoms. The Kier molecular flexibility index (Phi) is 6.26. The maximum absolute atomic E-state index is 14.6. The zero-order valence-electron chi connectivity index (χ0n) is 17.9. The van der Waals surface area contributed by atoms with Gasteiger partial charge in [0.1, 0.15) is 11.6 Å². The molecule has 0 radical (unpaired) electrons. The Morgan fingerprint density at radius 3 is 2.29 bits per heavy atom. The average molecular weight is 469 g/mol. The van der Waals surface area contributed by atoms with Crippen LogP contribution in [0.2, 0.25) is 0 Å². The molecule has 4 rings (SSSR count). The molecule has 0 unspecified atom stereocenters. The van der Waals surface area contributed by atoms with E-state index < -0.39 is 23.3 Å². The number of Topliss-reactive ketones (excluding diaryl/α,β-unsaturated/α-hetero) is 1. The summed E-state index contributed by atoms with van der Waals surface area (Å²) in [5.74, 6) is -4.16. The van der Waals surface area contributed by atoms with Gasteiger partial charge in [0.05, 0.1) is 17.6 Å². The van der Waals surface area contributed by atoms with Crippen LogP contribution in [0.15, 0.2) is 53.8 Å². The Labute approximate surface area is 192 Å². The van der Waals surface area contributed by atoms with Crippen molar-refractivity contribution in [2.24, 2.45) is 10.9 Å². The Bertz CT molecular complexity index is 1300.